The molecule has 6 rings (SSSR count). The number of carbonyl (C=O) groups excluding carboxylic acids is 1. The van der Waals surface area contributed by atoms with Crippen LogP contribution in [0.25, 0.3) is 16.7 Å². The lowest BCUT2D eigenvalue weighted by Crippen LogP contribution is -2.47. The minimum Gasteiger partial charge on any atom is -0.348 e. The van der Waals surface area contributed by atoms with Crippen molar-refractivity contribution in [2.45, 2.75) is 50.1 Å². The molecule has 2 aliphatic heterocycles. The standard InChI is InChI=1S/C23H21F3N6O/c1-30-7-6-12-8-13(9-16(24)20(12)30)22(33)31-14-2-4-15(18(31)5-3-14)19-10-17(21(25)26)29-23-27-11-28-32(19)23/h6-11,14-15,18,21H,2-5H2,1H3/t14-,15-,18-/m0/s1. The molecule has 33 heavy (non-hydrogen) atoms. The highest BCUT2D eigenvalue weighted by molar-refractivity contribution is 5.99. The summed E-state index contributed by atoms with van der Waals surface area (Å²) in [5.74, 6) is -0.737. The van der Waals surface area contributed by atoms with Crippen LogP contribution in [-0.4, -0.2) is 47.0 Å². The topological polar surface area (TPSA) is 68.3 Å². The molecule has 2 fully saturated rings. The summed E-state index contributed by atoms with van der Waals surface area (Å²) in [5.41, 5.74) is 0.995. The van der Waals surface area contributed by atoms with Crippen LogP contribution < -0.4 is 0 Å². The number of hydrogen-bond acceptors (Lipinski definition) is 4. The smallest absolute Gasteiger partial charge is 0.280 e. The molecule has 1 amide bonds. The summed E-state index contributed by atoms with van der Waals surface area (Å²) >= 11 is 0. The van der Waals surface area contributed by atoms with E-state index < -0.39 is 12.2 Å². The summed E-state index contributed by atoms with van der Waals surface area (Å²) in [5, 5.41) is 4.86. The highest BCUT2D eigenvalue weighted by atomic mass is 19.3. The lowest BCUT2D eigenvalue weighted by molar-refractivity contribution is 0.0553. The van der Waals surface area contributed by atoms with Gasteiger partial charge in [0.25, 0.3) is 18.1 Å². The summed E-state index contributed by atoms with van der Waals surface area (Å²) in [6.45, 7) is 0. The monoisotopic (exact) mass is 454 g/mol. The highest BCUT2D eigenvalue weighted by Gasteiger charge is 2.46. The molecule has 2 saturated heterocycles. The summed E-state index contributed by atoms with van der Waals surface area (Å²) in [6.07, 6.45) is 3.38. The predicted octanol–water partition coefficient (Wildman–Crippen LogP) is 4.24. The number of nitrogens with zero attached hydrogens (tertiary/aromatic N) is 6. The average Bonchev–Trinajstić information content (AvgIpc) is 3.49. The first-order valence-corrected chi connectivity index (χ1v) is 11.0. The van der Waals surface area contributed by atoms with Crippen LogP contribution in [0.2, 0.25) is 0 Å². The SMILES string of the molecule is Cn1ccc2cc(C(=O)N3[C@H]4CC[C@H](c5cc(C(F)F)nc6ncnn56)[C@@H]3CC4)cc(F)c21. The zero-order valence-corrected chi connectivity index (χ0v) is 17.8. The van der Waals surface area contributed by atoms with Crippen molar-refractivity contribution < 1.29 is 18.0 Å². The summed E-state index contributed by atoms with van der Waals surface area (Å²) in [4.78, 5) is 23.4. The zero-order valence-electron chi connectivity index (χ0n) is 17.8. The van der Waals surface area contributed by atoms with E-state index in [0.717, 1.165) is 25.7 Å². The maximum atomic E-state index is 14.8. The maximum absolute atomic E-state index is 14.8. The molecule has 1 aromatic carbocycles. The van der Waals surface area contributed by atoms with E-state index in [1.807, 2.05) is 4.90 Å². The van der Waals surface area contributed by atoms with Crippen molar-refractivity contribution in [1.29, 1.82) is 0 Å². The first kappa shape index (κ1) is 20.2. The number of carbonyl (C=O) groups is 1. The number of amides is 1. The molecule has 2 bridgehead atoms. The molecule has 0 radical (unpaired) electrons. The van der Waals surface area contributed by atoms with Gasteiger partial charge in [0, 0.05) is 42.2 Å². The second-order valence-corrected chi connectivity index (χ2v) is 8.90. The van der Waals surface area contributed by atoms with E-state index in [1.54, 1.807) is 29.9 Å². The maximum Gasteiger partial charge on any atom is 0.280 e. The minimum atomic E-state index is -2.73. The lowest BCUT2D eigenvalue weighted by atomic mass is 9.86. The Bertz CT molecular complexity index is 1400. The van der Waals surface area contributed by atoms with Crippen LogP contribution in [0.1, 0.15) is 59.8 Å². The lowest BCUT2D eigenvalue weighted by Gasteiger charge is -2.40. The fourth-order valence-electron chi connectivity index (χ4n) is 5.71. The Kier molecular flexibility index (Phi) is 4.46. The molecule has 5 heterocycles. The van der Waals surface area contributed by atoms with Crippen LogP contribution in [-0.2, 0) is 7.05 Å². The van der Waals surface area contributed by atoms with Gasteiger partial charge in [0.1, 0.15) is 17.8 Å². The number of halogens is 3. The number of alkyl halides is 2. The normalized spacial score (nSPS) is 22.7. The highest BCUT2D eigenvalue weighted by Crippen LogP contribution is 2.45. The van der Waals surface area contributed by atoms with Gasteiger partial charge < -0.3 is 9.47 Å². The third-order valence-electron chi connectivity index (χ3n) is 7.13. The molecule has 2 aliphatic rings. The van der Waals surface area contributed by atoms with E-state index in [4.69, 9.17) is 0 Å². The van der Waals surface area contributed by atoms with E-state index in [0.29, 0.717) is 22.2 Å². The van der Waals surface area contributed by atoms with Crippen molar-refractivity contribution in [2.24, 2.45) is 7.05 Å². The van der Waals surface area contributed by atoms with E-state index in [2.05, 4.69) is 15.1 Å². The summed E-state index contributed by atoms with van der Waals surface area (Å²) in [6, 6.07) is 6.05. The van der Waals surface area contributed by atoms with Gasteiger partial charge in [-0.25, -0.2) is 22.7 Å². The Morgan fingerprint density at radius 1 is 1.15 bits per heavy atom. The van der Waals surface area contributed by atoms with Crippen LogP contribution >= 0.6 is 0 Å². The summed E-state index contributed by atoms with van der Waals surface area (Å²) < 4.78 is 45.0. The number of hydrogen-bond donors (Lipinski definition) is 0. The molecule has 0 unspecified atom stereocenters. The van der Waals surface area contributed by atoms with Crippen molar-refractivity contribution in [2.75, 3.05) is 0 Å². The van der Waals surface area contributed by atoms with Gasteiger partial charge in [-0.05, 0) is 49.9 Å². The van der Waals surface area contributed by atoms with E-state index >= 15 is 0 Å². The Morgan fingerprint density at radius 2 is 1.97 bits per heavy atom. The molecule has 170 valence electrons. The molecule has 3 atom stereocenters. The van der Waals surface area contributed by atoms with E-state index in [-0.39, 0.29) is 35.4 Å². The Balaban J connectivity index is 1.40. The largest absolute Gasteiger partial charge is 0.348 e. The van der Waals surface area contributed by atoms with Crippen molar-refractivity contribution >= 4 is 22.6 Å². The third kappa shape index (κ3) is 3.03. The predicted molar refractivity (Wildman–Crippen MR) is 114 cm³/mol. The van der Waals surface area contributed by atoms with Crippen molar-refractivity contribution in [3.05, 3.63) is 59.6 Å². The Morgan fingerprint density at radius 3 is 2.79 bits per heavy atom. The van der Waals surface area contributed by atoms with Crippen molar-refractivity contribution in [3.8, 4) is 0 Å². The minimum absolute atomic E-state index is 0.0518. The molecule has 4 aromatic rings. The molecule has 10 heteroatoms. The molecular formula is C23H21F3N6O. The molecule has 3 aromatic heterocycles. The van der Waals surface area contributed by atoms with Gasteiger partial charge in [-0.2, -0.15) is 10.1 Å². The molecule has 0 saturated carbocycles. The van der Waals surface area contributed by atoms with Gasteiger partial charge in [-0.1, -0.05) is 0 Å². The second kappa shape index (κ2) is 7.29. The third-order valence-corrected chi connectivity index (χ3v) is 7.13. The quantitative estimate of drug-likeness (QED) is 0.464. The second-order valence-electron chi connectivity index (χ2n) is 8.90. The fraction of sp³-hybridized carbons (Fsp3) is 0.391. The van der Waals surface area contributed by atoms with Crippen LogP contribution in [0.5, 0.6) is 0 Å². The molecular weight excluding hydrogens is 433 g/mol. The van der Waals surface area contributed by atoms with Gasteiger partial charge in [0.2, 0.25) is 0 Å². The first-order chi connectivity index (χ1) is 15.9. The van der Waals surface area contributed by atoms with E-state index in [9.17, 15) is 18.0 Å². The number of aryl methyl sites for hydroxylation is 1. The molecule has 0 N–H and O–H groups in total. The number of benzene rings is 1. The fourth-order valence-corrected chi connectivity index (χ4v) is 5.71. The van der Waals surface area contributed by atoms with Crippen molar-refractivity contribution in [3.63, 3.8) is 0 Å². The molecule has 0 aliphatic carbocycles. The van der Waals surface area contributed by atoms with Gasteiger partial charge in [0.05, 0.1) is 11.2 Å². The number of rotatable bonds is 3. The van der Waals surface area contributed by atoms with Crippen molar-refractivity contribution in [1.82, 2.24) is 29.0 Å². The van der Waals surface area contributed by atoms with Crippen LogP contribution in [0.3, 0.4) is 0 Å². The first-order valence-electron chi connectivity index (χ1n) is 11.0. The Hall–Kier alpha value is -3.43. The van der Waals surface area contributed by atoms with Gasteiger partial charge in [-0.15, -0.1) is 0 Å². The van der Waals surface area contributed by atoms with Crippen LogP contribution in [0, 0.1) is 5.82 Å². The molecule has 7 nitrogen and oxygen atoms in total. The van der Waals surface area contributed by atoms with Gasteiger partial charge in [-0.3, -0.25) is 4.79 Å². The van der Waals surface area contributed by atoms with Gasteiger partial charge >= 0.3 is 0 Å². The van der Waals surface area contributed by atoms with Gasteiger partial charge in [0.15, 0.2) is 0 Å². The van der Waals surface area contributed by atoms with Crippen LogP contribution in [0.15, 0.2) is 36.8 Å². The average molecular weight is 454 g/mol. The number of piperidine rings is 1. The number of fused-ring (bicyclic) bond motifs is 4. The molecule has 0 spiro atoms. The van der Waals surface area contributed by atoms with Crippen LogP contribution in [0.4, 0.5) is 13.2 Å². The van der Waals surface area contributed by atoms with E-state index in [1.165, 1.54) is 23.0 Å². The Labute approximate surface area is 186 Å². The zero-order chi connectivity index (χ0) is 22.9. The summed E-state index contributed by atoms with van der Waals surface area (Å²) in [7, 11) is 1.76. The number of aromatic nitrogens is 5.